The SMILES string of the molecule is CC1C=CC=C2CC=NC21. The predicted molar refractivity (Wildman–Crippen MR) is 43.3 cm³/mol. The van der Waals surface area contributed by atoms with Crippen molar-refractivity contribution in [2.75, 3.05) is 0 Å². The van der Waals surface area contributed by atoms with E-state index in [1.54, 1.807) is 0 Å². The third kappa shape index (κ3) is 0.737. The zero-order valence-corrected chi connectivity index (χ0v) is 6.12. The van der Waals surface area contributed by atoms with E-state index in [4.69, 9.17) is 0 Å². The van der Waals surface area contributed by atoms with E-state index < -0.39 is 0 Å². The van der Waals surface area contributed by atoms with Crippen molar-refractivity contribution in [3.8, 4) is 0 Å². The minimum Gasteiger partial charge on any atom is -0.289 e. The standard InChI is InChI=1S/C9H11N/c1-7-3-2-4-8-5-6-10-9(7)8/h2-4,6-7,9H,5H2,1H3. The Kier molecular flexibility index (Phi) is 1.23. The highest BCUT2D eigenvalue weighted by molar-refractivity contribution is 5.67. The lowest BCUT2D eigenvalue weighted by atomic mass is 9.91. The second-order valence-corrected chi connectivity index (χ2v) is 2.97. The van der Waals surface area contributed by atoms with Crippen LogP contribution >= 0.6 is 0 Å². The zero-order valence-electron chi connectivity index (χ0n) is 6.12. The Bertz CT molecular complexity index is 223. The van der Waals surface area contributed by atoms with E-state index in [1.807, 2.05) is 6.21 Å². The Balaban J connectivity index is 2.31. The van der Waals surface area contributed by atoms with Gasteiger partial charge in [-0.2, -0.15) is 0 Å². The van der Waals surface area contributed by atoms with Gasteiger partial charge in [-0.25, -0.2) is 0 Å². The maximum atomic E-state index is 4.39. The molecule has 2 aliphatic rings. The molecule has 2 rings (SSSR count). The van der Waals surface area contributed by atoms with Crippen LogP contribution in [0.1, 0.15) is 13.3 Å². The Morgan fingerprint density at radius 2 is 2.50 bits per heavy atom. The summed E-state index contributed by atoms with van der Waals surface area (Å²) in [5.74, 6) is 0.610. The number of hydrogen-bond acceptors (Lipinski definition) is 1. The smallest absolute Gasteiger partial charge is 0.0771 e. The van der Waals surface area contributed by atoms with Gasteiger partial charge in [0.25, 0.3) is 0 Å². The van der Waals surface area contributed by atoms with Gasteiger partial charge >= 0.3 is 0 Å². The van der Waals surface area contributed by atoms with Crippen LogP contribution in [0.3, 0.4) is 0 Å². The summed E-state index contributed by atoms with van der Waals surface area (Å²) in [6, 6.07) is 0.477. The van der Waals surface area contributed by atoms with Crippen LogP contribution in [0.5, 0.6) is 0 Å². The predicted octanol–water partition coefficient (Wildman–Crippen LogP) is 1.96. The summed E-state index contributed by atoms with van der Waals surface area (Å²) in [5, 5.41) is 0. The van der Waals surface area contributed by atoms with Crippen molar-refractivity contribution in [2.45, 2.75) is 19.4 Å². The zero-order chi connectivity index (χ0) is 6.97. The number of nitrogens with zero attached hydrogens (tertiary/aromatic N) is 1. The summed E-state index contributed by atoms with van der Waals surface area (Å²) in [6.07, 6.45) is 9.65. The number of fused-ring (bicyclic) bond motifs is 1. The van der Waals surface area contributed by atoms with Gasteiger partial charge < -0.3 is 0 Å². The molecule has 2 atom stereocenters. The Morgan fingerprint density at radius 1 is 1.60 bits per heavy atom. The summed E-state index contributed by atoms with van der Waals surface area (Å²) in [6.45, 7) is 2.22. The third-order valence-electron chi connectivity index (χ3n) is 2.20. The second kappa shape index (κ2) is 2.08. The van der Waals surface area contributed by atoms with Gasteiger partial charge in [-0.05, 0) is 5.57 Å². The van der Waals surface area contributed by atoms with Gasteiger partial charge in [-0.3, -0.25) is 4.99 Å². The van der Waals surface area contributed by atoms with Crippen molar-refractivity contribution < 1.29 is 0 Å². The minimum atomic E-state index is 0.477. The molecule has 0 radical (unpaired) electrons. The highest BCUT2D eigenvalue weighted by Crippen LogP contribution is 2.27. The van der Waals surface area contributed by atoms with Crippen LogP contribution in [-0.4, -0.2) is 12.3 Å². The van der Waals surface area contributed by atoms with Gasteiger partial charge in [0, 0.05) is 18.6 Å². The summed E-state index contributed by atoms with van der Waals surface area (Å²) < 4.78 is 0. The first-order valence-electron chi connectivity index (χ1n) is 3.77. The van der Waals surface area contributed by atoms with E-state index in [9.17, 15) is 0 Å². The summed E-state index contributed by atoms with van der Waals surface area (Å²) in [4.78, 5) is 4.39. The highest BCUT2D eigenvalue weighted by atomic mass is 14.8. The Labute approximate surface area is 61.2 Å². The van der Waals surface area contributed by atoms with Crippen LogP contribution in [-0.2, 0) is 0 Å². The van der Waals surface area contributed by atoms with Gasteiger partial charge in [-0.15, -0.1) is 0 Å². The van der Waals surface area contributed by atoms with Crippen molar-refractivity contribution in [3.63, 3.8) is 0 Å². The van der Waals surface area contributed by atoms with Crippen molar-refractivity contribution in [1.29, 1.82) is 0 Å². The molecule has 0 N–H and O–H groups in total. The molecule has 1 heterocycles. The van der Waals surface area contributed by atoms with Crippen LogP contribution in [0.25, 0.3) is 0 Å². The van der Waals surface area contributed by atoms with E-state index in [0.29, 0.717) is 12.0 Å². The molecule has 0 fully saturated rings. The summed E-state index contributed by atoms with van der Waals surface area (Å²) >= 11 is 0. The van der Waals surface area contributed by atoms with Gasteiger partial charge in [-0.1, -0.05) is 25.2 Å². The molecule has 0 aromatic carbocycles. The molecule has 0 saturated heterocycles. The lowest BCUT2D eigenvalue weighted by Gasteiger charge is -2.17. The van der Waals surface area contributed by atoms with E-state index in [-0.39, 0.29) is 0 Å². The van der Waals surface area contributed by atoms with E-state index >= 15 is 0 Å². The topological polar surface area (TPSA) is 12.4 Å². The number of hydrogen-bond donors (Lipinski definition) is 0. The van der Waals surface area contributed by atoms with Crippen LogP contribution in [0.2, 0.25) is 0 Å². The molecule has 1 heteroatoms. The molecular weight excluding hydrogens is 122 g/mol. The summed E-state index contributed by atoms with van der Waals surface area (Å²) in [7, 11) is 0. The average molecular weight is 133 g/mol. The quantitative estimate of drug-likeness (QED) is 0.479. The molecule has 1 aliphatic carbocycles. The molecule has 0 bridgehead atoms. The molecule has 0 aromatic rings. The van der Waals surface area contributed by atoms with E-state index in [2.05, 4.69) is 30.1 Å². The van der Waals surface area contributed by atoms with Gasteiger partial charge in [0.2, 0.25) is 0 Å². The molecule has 0 aromatic heterocycles. The number of rotatable bonds is 0. The van der Waals surface area contributed by atoms with Crippen molar-refractivity contribution in [3.05, 3.63) is 23.8 Å². The van der Waals surface area contributed by atoms with Crippen molar-refractivity contribution >= 4 is 6.21 Å². The van der Waals surface area contributed by atoms with Gasteiger partial charge in [0.15, 0.2) is 0 Å². The van der Waals surface area contributed by atoms with Crippen molar-refractivity contribution in [2.24, 2.45) is 10.9 Å². The second-order valence-electron chi connectivity index (χ2n) is 2.97. The van der Waals surface area contributed by atoms with Gasteiger partial charge in [0.05, 0.1) is 6.04 Å². The van der Waals surface area contributed by atoms with Crippen LogP contribution in [0.4, 0.5) is 0 Å². The molecule has 1 aliphatic heterocycles. The van der Waals surface area contributed by atoms with E-state index in [1.165, 1.54) is 5.57 Å². The molecule has 1 nitrogen and oxygen atoms in total. The fourth-order valence-electron chi connectivity index (χ4n) is 1.59. The number of allylic oxidation sites excluding steroid dienone is 2. The minimum absolute atomic E-state index is 0.477. The molecule has 0 saturated carbocycles. The maximum absolute atomic E-state index is 4.39. The first-order valence-corrected chi connectivity index (χ1v) is 3.77. The fourth-order valence-corrected chi connectivity index (χ4v) is 1.59. The lowest BCUT2D eigenvalue weighted by molar-refractivity contribution is 0.611. The molecule has 52 valence electrons. The largest absolute Gasteiger partial charge is 0.289 e. The highest BCUT2D eigenvalue weighted by Gasteiger charge is 2.22. The first kappa shape index (κ1) is 5.90. The number of aliphatic imine (C=N–C) groups is 1. The Hall–Kier alpha value is -0.850. The maximum Gasteiger partial charge on any atom is 0.0771 e. The fraction of sp³-hybridized carbons (Fsp3) is 0.444. The third-order valence-corrected chi connectivity index (χ3v) is 2.20. The van der Waals surface area contributed by atoms with E-state index in [0.717, 1.165) is 6.42 Å². The molecule has 2 unspecified atom stereocenters. The molecule has 0 spiro atoms. The molecular formula is C9H11N. The first-order chi connectivity index (χ1) is 4.88. The molecule has 10 heavy (non-hydrogen) atoms. The van der Waals surface area contributed by atoms with Crippen molar-refractivity contribution in [1.82, 2.24) is 0 Å². The monoisotopic (exact) mass is 133 g/mol. The summed E-state index contributed by atoms with van der Waals surface area (Å²) in [5.41, 5.74) is 1.48. The lowest BCUT2D eigenvalue weighted by Crippen LogP contribution is -2.14. The van der Waals surface area contributed by atoms with Crippen LogP contribution in [0, 0.1) is 5.92 Å². The average Bonchev–Trinajstić information content (AvgIpc) is 2.36. The van der Waals surface area contributed by atoms with Gasteiger partial charge in [0.1, 0.15) is 0 Å². The molecule has 0 amide bonds. The van der Waals surface area contributed by atoms with Crippen LogP contribution in [0.15, 0.2) is 28.8 Å². The Morgan fingerprint density at radius 3 is 3.30 bits per heavy atom. The van der Waals surface area contributed by atoms with Crippen LogP contribution < -0.4 is 0 Å². The normalized spacial score (nSPS) is 35.9.